The summed E-state index contributed by atoms with van der Waals surface area (Å²) in [5.74, 6) is 0.537. The third kappa shape index (κ3) is 4.78. The van der Waals surface area contributed by atoms with E-state index in [2.05, 4.69) is 37.7 Å². The Labute approximate surface area is 209 Å². The summed E-state index contributed by atoms with van der Waals surface area (Å²) in [6.45, 7) is 6.44. The van der Waals surface area contributed by atoms with E-state index in [9.17, 15) is 4.79 Å². The van der Waals surface area contributed by atoms with Gasteiger partial charge in [0.05, 0.1) is 11.3 Å². The maximum absolute atomic E-state index is 12.3. The number of piperazine rings is 1. The first-order valence-electron chi connectivity index (χ1n) is 11.6. The van der Waals surface area contributed by atoms with E-state index in [1.54, 1.807) is 18.5 Å². The Morgan fingerprint density at radius 2 is 1.83 bits per heavy atom. The predicted octanol–water partition coefficient (Wildman–Crippen LogP) is 4.52. The molecule has 3 aromatic heterocycles. The van der Waals surface area contributed by atoms with Crippen molar-refractivity contribution in [3.8, 4) is 22.4 Å². The van der Waals surface area contributed by atoms with Gasteiger partial charge in [0.2, 0.25) is 5.91 Å². The highest BCUT2D eigenvalue weighted by atomic mass is 35.5. The van der Waals surface area contributed by atoms with E-state index in [4.69, 9.17) is 17.3 Å². The van der Waals surface area contributed by atoms with E-state index in [0.717, 1.165) is 72.2 Å². The van der Waals surface area contributed by atoms with E-state index in [1.807, 2.05) is 42.6 Å². The van der Waals surface area contributed by atoms with Gasteiger partial charge in [-0.25, -0.2) is 4.98 Å². The molecule has 178 valence electrons. The Kier molecular flexibility index (Phi) is 6.53. The molecule has 5 rings (SSSR count). The molecule has 1 fully saturated rings. The number of aromatic amines is 1. The molecular weight excluding hydrogens is 460 g/mol. The molecule has 3 N–H and O–H groups in total. The number of benzene rings is 1. The third-order valence-electron chi connectivity index (χ3n) is 6.53. The van der Waals surface area contributed by atoms with Crippen molar-refractivity contribution in [1.29, 1.82) is 0 Å². The van der Waals surface area contributed by atoms with Crippen LogP contribution < -0.4 is 10.6 Å². The molecular formula is C27H27ClN6O. The number of hydrogen-bond donors (Lipinski definition) is 2. The van der Waals surface area contributed by atoms with Crippen LogP contribution in [0.25, 0.3) is 22.4 Å². The molecule has 1 saturated heterocycles. The number of anilines is 1. The number of H-pyrrole nitrogens is 1. The molecule has 0 spiro atoms. The van der Waals surface area contributed by atoms with Crippen molar-refractivity contribution in [1.82, 2.24) is 19.9 Å². The Hall–Kier alpha value is -3.68. The van der Waals surface area contributed by atoms with E-state index in [0.29, 0.717) is 10.6 Å². The molecule has 7 nitrogen and oxygen atoms in total. The second-order valence-electron chi connectivity index (χ2n) is 8.72. The summed E-state index contributed by atoms with van der Waals surface area (Å²) in [5, 5.41) is 0.670. The van der Waals surface area contributed by atoms with Crippen LogP contribution in [0.2, 0.25) is 5.02 Å². The Bertz CT molecular complexity index is 1330. The van der Waals surface area contributed by atoms with Crippen molar-refractivity contribution in [2.24, 2.45) is 5.73 Å². The van der Waals surface area contributed by atoms with Gasteiger partial charge in [0.15, 0.2) is 0 Å². The lowest BCUT2D eigenvalue weighted by Gasteiger charge is -2.35. The third-order valence-corrected chi connectivity index (χ3v) is 6.78. The average Bonchev–Trinajstić information content (AvgIpc) is 3.21. The topological polar surface area (TPSA) is 91.1 Å². The molecule has 1 amide bonds. The average molecular weight is 487 g/mol. The summed E-state index contributed by atoms with van der Waals surface area (Å²) in [6, 6.07) is 15.4. The lowest BCUT2D eigenvalue weighted by Crippen LogP contribution is -2.46. The van der Waals surface area contributed by atoms with Crippen molar-refractivity contribution in [2.45, 2.75) is 13.5 Å². The Morgan fingerprint density at radius 1 is 1.06 bits per heavy atom. The van der Waals surface area contributed by atoms with Gasteiger partial charge in [-0.1, -0.05) is 29.8 Å². The minimum atomic E-state index is -0.474. The number of rotatable bonds is 6. The summed E-state index contributed by atoms with van der Waals surface area (Å²) >= 11 is 6.15. The van der Waals surface area contributed by atoms with E-state index in [1.165, 1.54) is 0 Å². The molecule has 0 unspecified atom stereocenters. The second-order valence-corrected chi connectivity index (χ2v) is 9.16. The van der Waals surface area contributed by atoms with Crippen LogP contribution in [0.4, 0.5) is 5.82 Å². The number of nitrogens with one attached hydrogen (secondary N) is 1. The smallest absolute Gasteiger partial charge is 0.249 e. The van der Waals surface area contributed by atoms with Gasteiger partial charge >= 0.3 is 0 Å². The SMILES string of the molecule is Cc1[nH]c(-c2ccc(Cl)cc2)c(-c2cnccc2C(N)=O)c1CN1CCN(c2ccccn2)CC1. The number of halogens is 1. The molecule has 4 aromatic rings. The van der Waals surface area contributed by atoms with Crippen molar-refractivity contribution < 1.29 is 4.79 Å². The number of aromatic nitrogens is 3. The molecule has 0 atom stereocenters. The highest BCUT2D eigenvalue weighted by Gasteiger charge is 2.25. The van der Waals surface area contributed by atoms with Gasteiger partial charge in [0.1, 0.15) is 5.82 Å². The zero-order valence-corrected chi connectivity index (χ0v) is 20.3. The molecule has 0 saturated carbocycles. The van der Waals surface area contributed by atoms with Crippen LogP contribution in [-0.4, -0.2) is 51.9 Å². The Balaban J connectivity index is 1.51. The zero-order valence-electron chi connectivity index (χ0n) is 19.5. The maximum Gasteiger partial charge on any atom is 0.249 e. The number of hydrogen-bond acceptors (Lipinski definition) is 5. The molecule has 0 radical (unpaired) electrons. The molecule has 4 heterocycles. The highest BCUT2D eigenvalue weighted by Crippen LogP contribution is 2.39. The molecule has 0 aliphatic carbocycles. The minimum absolute atomic E-state index is 0.454. The normalized spacial score (nSPS) is 14.3. The van der Waals surface area contributed by atoms with Gasteiger partial charge in [0.25, 0.3) is 0 Å². The number of carbonyl (C=O) groups is 1. The van der Waals surface area contributed by atoms with Gasteiger partial charge in [-0.05, 0) is 48.4 Å². The summed E-state index contributed by atoms with van der Waals surface area (Å²) in [7, 11) is 0. The molecule has 1 aliphatic rings. The largest absolute Gasteiger partial charge is 0.366 e. The number of primary amides is 1. The summed E-state index contributed by atoms with van der Waals surface area (Å²) in [5.41, 5.74) is 12.0. The minimum Gasteiger partial charge on any atom is -0.366 e. The van der Waals surface area contributed by atoms with Gasteiger partial charge in [0, 0.05) is 73.2 Å². The maximum atomic E-state index is 12.3. The van der Waals surface area contributed by atoms with E-state index < -0.39 is 5.91 Å². The van der Waals surface area contributed by atoms with E-state index >= 15 is 0 Å². The lowest BCUT2D eigenvalue weighted by molar-refractivity contribution is 0.100. The summed E-state index contributed by atoms with van der Waals surface area (Å²) in [6.07, 6.45) is 5.16. The van der Waals surface area contributed by atoms with Crippen LogP contribution in [0.5, 0.6) is 0 Å². The van der Waals surface area contributed by atoms with Crippen LogP contribution in [0, 0.1) is 6.92 Å². The second kappa shape index (κ2) is 9.90. The first-order valence-corrected chi connectivity index (χ1v) is 12.0. The van der Waals surface area contributed by atoms with Crippen molar-refractivity contribution in [3.63, 3.8) is 0 Å². The molecule has 35 heavy (non-hydrogen) atoms. The van der Waals surface area contributed by atoms with Gasteiger partial charge in [-0.2, -0.15) is 0 Å². The standard InChI is InChI=1S/C27H27ClN6O/c1-18-23(17-33-12-14-34(15-13-33)24-4-2-3-10-31-24)25(22-16-30-11-9-21(22)27(29)35)26(32-18)19-5-7-20(28)8-6-19/h2-11,16,32H,12-15,17H2,1H3,(H2,29,35). The first-order chi connectivity index (χ1) is 17.0. The number of nitrogens with zero attached hydrogens (tertiary/aromatic N) is 4. The van der Waals surface area contributed by atoms with Crippen LogP contribution in [-0.2, 0) is 6.54 Å². The van der Waals surface area contributed by atoms with Gasteiger partial charge < -0.3 is 15.6 Å². The fourth-order valence-corrected chi connectivity index (χ4v) is 4.83. The quantitative estimate of drug-likeness (QED) is 0.418. The lowest BCUT2D eigenvalue weighted by atomic mass is 9.94. The van der Waals surface area contributed by atoms with Crippen molar-refractivity contribution >= 4 is 23.3 Å². The highest BCUT2D eigenvalue weighted by molar-refractivity contribution is 6.30. The molecule has 8 heteroatoms. The van der Waals surface area contributed by atoms with Gasteiger partial charge in [-0.3, -0.25) is 14.7 Å². The summed E-state index contributed by atoms with van der Waals surface area (Å²) in [4.78, 5) is 29.4. The fraction of sp³-hybridized carbons (Fsp3) is 0.222. The first kappa shape index (κ1) is 23.1. The number of aryl methyl sites for hydroxylation is 1. The number of pyridine rings is 2. The van der Waals surface area contributed by atoms with Gasteiger partial charge in [-0.15, -0.1) is 0 Å². The molecule has 1 aliphatic heterocycles. The van der Waals surface area contributed by atoms with E-state index in [-0.39, 0.29) is 0 Å². The monoisotopic (exact) mass is 486 g/mol. The fourth-order valence-electron chi connectivity index (χ4n) is 4.70. The van der Waals surface area contributed by atoms with Crippen LogP contribution in [0.15, 0.2) is 67.1 Å². The van der Waals surface area contributed by atoms with Crippen LogP contribution >= 0.6 is 11.6 Å². The number of nitrogens with two attached hydrogens (primary N) is 1. The zero-order chi connectivity index (χ0) is 24.4. The Morgan fingerprint density at radius 3 is 2.51 bits per heavy atom. The number of amides is 1. The summed E-state index contributed by atoms with van der Waals surface area (Å²) < 4.78 is 0. The van der Waals surface area contributed by atoms with Crippen LogP contribution in [0.1, 0.15) is 21.6 Å². The predicted molar refractivity (Wildman–Crippen MR) is 139 cm³/mol. The van der Waals surface area contributed by atoms with Crippen molar-refractivity contribution in [3.05, 3.63) is 89.0 Å². The van der Waals surface area contributed by atoms with Crippen LogP contribution in [0.3, 0.4) is 0 Å². The molecule has 1 aromatic carbocycles. The number of carbonyl (C=O) groups excluding carboxylic acids is 1. The van der Waals surface area contributed by atoms with Crippen molar-refractivity contribution in [2.75, 3.05) is 31.1 Å². The molecule has 0 bridgehead atoms.